The molecule has 0 aliphatic carbocycles. The Morgan fingerprint density at radius 3 is 2.56 bits per heavy atom. The Bertz CT molecular complexity index is 430. The molecule has 0 aliphatic rings. The molecule has 0 fully saturated rings. The quantitative estimate of drug-likeness (QED) is 0.598. The number of hydrogen-bond donors (Lipinski definition) is 1. The van der Waals surface area contributed by atoms with Gasteiger partial charge in [-0.25, -0.2) is 0 Å². The number of unbranched alkanes of at least 4 members (excludes halogenated alkanes) is 1. The van der Waals surface area contributed by atoms with Crippen molar-refractivity contribution >= 4 is 5.78 Å². The fourth-order valence-electron chi connectivity index (χ4n) is 1.88. The Labute approximate surface area is 109 Å². The smallest absolute Gasteiger partial charge is 0.192 e. The van der Waals surface area contributed by atoms with E-state index >= 15 is 0 Å². The summed E-state index contributed by atoms with van der Waals surface area (Å²) in [6.45, 7) is 6.23. The topological polar surface area (TPSA) is 37.3 Å². The fraction of sp³-hybridized carbons (Fsp3) is 0.438. The maximum Gasteiger partial charge on any atom is 0.192 e. The Kier molecular flexibility index (Phi) is 5.63. The lowest BCUT2D eigenvalue weighted by molar-refractivity contribution is 0.102. The first-order chi connectivity index (χ1) is 8.56. The van der Waals surface area contributed by atoms with Crippen LogP contribution in [0.2, 0.25) is 0 Å². The number of allylic oxidation sites excluding steroid dienone is 2. The number of para-hydroxylation sites is 1. The van der Waals surface area contributed by atoms with E-state index in [2.05, 4.69) is 20.8 Å². The molecule has 0 unspecified atom stereocenters. The summed E-state index contributed by atoms with van der Waals surface area (Å²) in [5, 5.41) is 9.74. The zero-order valence-electron chi connectivity index (χ0n) is 11.4. The van der Waals surface area contributed by atoms with Crippen LogP contribution in [-0.2, 0) is 0 Å². The normalized spacial score (nSPS) is 11.9. The first-order valence-corrected chi connectivity index (χ1v) is 6.59. The maximum absolute atomic E-state index is 12.4. The van der Waals surface area contributed by atoms with E-state index in [-0.39, 0.29) is 11.5 Å². The highest BCUT2D eigenvalue weighted by atomic mass is 16.3. The van der Waals surface area contributed by atoms with E-state index in [0.717, 1.165) is 24.8 Å². The van der Waals surface area contributed by atoms with E-state index in [0.29, 0.717) is 11.5 Å². The van der Waals surface area contributed by atoms with Gasteiger partial charge in [-0.05, 0) is 36.5 Å². The molecular formula is C16H22O2. The maximum atomic E-state index is 12.4. The van der Waals surface area contributed by atoms with Crippen molar-refractivity contribution in [3.05, 3.63) is 41.5 Å². The molecule has 0 spiro atoms. The molecule has 0 radical (unpaired) electrons. The standard InChI is InChI=1S/C16H22O2/c1-4-5-8-13(11-12(2)3)16(18)14-9-6-7-10-15(14)17/h6-7,9-12,17H,4-5,8H2,1-3H3/b13-11+. The van der Waals surface area contributed by atoms with Crippen molar-refractivity contribution in [3.8, 4) is 5.75 Å². The SMILES string of the molecule is CCCC/C(=C\C(C)C)C(=O)c1ccccc1O. The van der Waals surface area contributed by atoms with Crippen molar-refractivity contribution in [2.45, 2.75) is 40.0 Å². The number of carbonyl (C=O) groups excluding carboxylic acids is 1. The molecule has 0 heterocycles. The second-order valence-corrected chi connectivity index (χ2v) is 4.89. The van der Waals surface area contributed by atoms with Crippen LogP contribution in [0.5, 0.6) is 5.75 Å². The molecule has 0 aliphatic heterocycles. The number of phenols is 1. The highest BCUT2D eigenvalue weighted by Crippen LogP contribution is 2.23. The van der Waals surface area contributed by atoms with Gasteiger partial charge >= 0.3 is 0 Å². The summed E-state index contributed by atoms with van der Waals surface area (Å²) in [5.74, 6) is 0.357. The van der Waals surface area contributed by atoms with Crippen LogP contribution in [0.1, 0.15) is 50.4 Å². The minimum atomic E-state index is -0.0461. The number of rotatable bonds is 6. The third-order valence-electron chi connectivity index (χ3n) is 2.77. The van der Waals surface area contributed by atoms with Gasteiger partial charge in [0.25, 0.3) is 0 Å². The third-order valence-corrected chi connectivity index (χ3v) is 2.77. The van der Waals surface area contributed by atoms with E-state index in [9.17, 15) is 9.90 Å². The van der Waals surface area contributed by atoms with Crippen LogP contribution in [0.15, 0.2) is 35.9 Å². The molecule has 0 aromatic heterocycles. The highest BCUT2D eigenvalue weighted by molar-refractivity contribution is 6.10. The minimum absolute atomic E-state index is 0.0461. The summed E-state index contributed by atoms with van der Waals surface area (Å²) in [4.78, 5) is 12.4. The van der Waals surface area contributed by atoms with Crippen LogP contribution in [0.4, 0.5) is 0 Å². The van der Waals surface area contributed by atoms with Gasteiger partial charge in [0.2, 0.25) is 0 Å². The lowest BCUT2D eigenvalue weighted by Crippen LogP contribution is -2.05. The first kappa shape index (κ1) is 14.5. The molecule has 1 rings (SSSR count). The Balaban J connectivity index is 2.99. The van der Waals surface area contributed by atoms with Gasteiger partial charge < -0.3 is 5.11 Å². The lowest BCUT2D eigenvalue weighted by atomic mass is 9.95. The van der Waals surface area contributed by atoms with Crippen LogP contribution in [0.3, 0.4) is 0 Å². The van der Waals surface area contributed by atoms with E-state index in [4.69, 9.17) is 0 Å². The average Bonchev–Trinajstić information content (AvgIpc) is 2.34. The minimum Gasteiger partial charge on any atom is -0.507 e. The van der Waals surface area contributed by atoms with Crippen molar-refractivity contribution in [1.82, 2.24) is 0 Å². The number of hydrogen-bond acceptors (Lipinski definition) is 2. The van der Waals surface area contributed by atoms with Crippen LogP contribution < -0.4 is 0 Å². The van der Waals surface area contributed by atoms with Gasteiger partial charge in [-0.15, -0.1) is 0 Å². The summed E-state index contributed by atoms with van der Waals surface area (Å²) in [6, 6.07) is 6.74. The number of Topliss-reactive ketones (excluding diaryl/α,β-unsaturated/α-hetero) is 1. The molecule has 18 heavy (non-hydrogen) atoms. The first-order valence-electron chi connectivity index (χ1n) is 6.59. The summed E-state index contributed by atoms with van der Waals surface area (Å²) in [5.41, 5.74) is 1.22. The van der Waals surface area contributed by atoms with Gasteiger partial charge in [-0.3, -0.25) is 4.79 Å². The Morgan fingerprint density at radius 2 is 2.00 bits per heavy atom. The van der Waals surface area contributed by atoms with Crippen LogP contribution in [0.25, 0.3) is 0 Å². The van der Waals surface area contributed by atoms with E-state index in [1.807, 2.05) is 6.08 Å². The van der Waals surface area contributed by atoms with Crippen molar-refractivity contribution in [2.75, 3.05) is 0 Å². The van der Waals surface area contributed by atoms with Gasteiger partial charge in [-0.1, -0.05) is 45.4 Å². The number of carbonyl (C=O) groups is 1. The highest BCUT2D eigenvalue weighted by Gasteiger charge is 2.15. The lowest BCUT2D eigenvalue weighted by Gasteiger charge is -2.09. The number of phenolic OH excluding ortho intramolecular Hbond substituents is 1. The van der Waals surface area contributed by atoms with Gasteiger partial charge in [-0.2, -0.15) is 0 Å². The molecular weight excluding hydrogens is 224 g/mol. The predicted molar refractivity (Wildman–Crippen MR) is 74.9 cm³/mol. The van der Waals surface area contributed by atoms with Crippen molar-refractivity contribution < 1.29 is 9.90 Å². The van der Waals surface area contributed by atoms with Gasteiger partial charge in [0.1, 0.15) is 5.75 Å². The van der Waals surface area contributed by atoms with Gasteiger partial charge in [0.15, 0.2) is 5.78 Å². The zero-order chi connectivity index (χ0) is 13.5. The summed E-state index contributed by atoms with van der Waals surface area (Å²) in [6.07, 6.45) is 4.84. The molecule has 0 saturated carbocycles. The molecule has 0 amide bonds. The van der Waals surface area contributed by atoms with Crippen molar-refractivity contribution in [1.29, 1.82) is 0 Å². The number of aromatic hydroxyl groups is 1. The zero-order valence-corrected chi connectivity index (χ0v) is 11.4. The summed E-state index contributed by atoms with van der Waals surface area (Å²) < 4.78 is 0. The second kappa shape index (κ2) is 7.00. The Morgan fingerprint density at radius 1 is 1.33 bits per heavy atom. The van der Waals surface area contributed by atoms with E-state index in [1.54, 1.807) is 24.3 Å². The molecule has 1 aromatic carbocycles. The average molecular weight is 246 g/mol. The molecule has 0 atom stereocenters. The molecule has 1 aromatic rings. The second-order valence-electron chi connectivity index (χ2n) is 4.89. The van der Waals surface area contributed by atoms with Crippen LogP contribution in [0, 0.1) is 5.92 Å². The Hall–Kier alpha value is -1.57. The molecule has 2 heteroatoms. The van der Waals surface area contributed by atoms with Crippen molar-refractivity contribution in [2.24, 2.45) is 5.92 Å². The largest absolute Gasteiger partial charge is 0.507 e. The van der Waals surface area contributed by atoms with Crippen LogP contribution in [-0.4, -0.2) is 10.9 Å². The molecule has 98 valence electrons. The molecule has 1 N–H and O–H groups in total. The van der Waals surface area contributed by atoms with Crippen LogP contribution >= 0.6 is 0 Å². The predicted octanol–water partition coefficient (Wildman–Crippen LogP) is 4.35. The molecule has 2 nitrogen and oxygen atoms in total. The molecule has 0 saturated heterocycles. The van der Waals surface area contributed by atoms with E-state index in [1.165, 1.54) is 0 Å². The summed E-state index contributed by atoms with van der Waals surface area (Å²) in [7, 11) is 0. The number of benzene rings is 1. The number of ketones is 1. The third kappa shape index (κ3) is 4.02. The summed E-state index contributed by atoms with van der Waals surface area (Å²) >= 11 is 0. The monoisotopic (exact) mass is 246 g/mol. The fourth-order valence-corrected chi connectivity index (χ4v) is 1.88. The van der Waals surface area contributed by atoms with Gasteiger partial charge in [0.05, 0.1) is 5.56 Å². The van der Waals surface area contributed by atoms with E-state index < -0.39 is 0 Å². The molecule has 0 bridgehead atoms. The van der Waals surface area contributed by atoms with Crippen molar-refractivity contribution in [3.63, 3.8) is 0 Å². The van der Waals surface area contributed by atoms with Gasteiger partial charge in [0, 0.05) is 0 Å².